The molecule has 2 nitrogen and oxygen atoms in total. The molecule has 0 amide bonds. The highest BCUT2D eigenvalue weighted by Crippen LogP contribution is 2.28. The Hall–Kier alpha value is -1.26. The van der Waals surface area contributed by atoms with Gasteiger partial charge >= 0.3 is 0 Å². The van der Waals surface area contributed by atoms with Gasteiger partial charge in [-0.05, 0) is 46.3 Å². The molecule has 0 aliphatic rings. The van der Waals surface area contributed by atoms with E-state index in [1.54, 1.807) is 31.4 Å². The zero-order chi connectivity index (χ0) is 13.8. The van der Waals surface area contributed by atoms with Crippen LogP contribution in [0.4, 0.5) is 4.39 Å². The first-order valence-corrected chi connectivity index (χ1v) is 6.67. The minimum absolute atomic E-state index is 0.242. The van der Waals surface area contributed by atoms with E-state index in [0.29, 0.717) is 21.0 Å². The Balaban J connectivity index is 2.18. The third-order valence-corrected chi connectivity index (χ3v) is 3.41. The van der Waals surface area contributed by atoms with E-state index in [4.69, 9.17) is 21.1 Å². The summed E-state index contributed by atoms with van der Waals surface area (Å²) >= 11 is 9.24. The van der Waals surface area contributed by atoms with Gasteiger partial charge < -0.3 is 9.47 Å². The molecule has 0 N–H and O–H groups in total. The fourth-order valence-corrected chi connectivity index (χ4v) is 2.16. The predicted molar refractivity (Wildman–Crippen MR) is 76.4 cm³/mol. The fraction of sp³-hybridized carbons (Fsp3) is 0.143. The fourth-order valence-electron chi connectivity index (χ4n) is 1.60. The lowest BCUT2D eigenvalue weighted by molar-refractivity contribution is 0.293. The maximum Gasteiger partial charge on any atom is 0.136 e. The van der Waals surface area contributed by atoms with E-state index in [1.165, 1.54) is 12.1 Å². The van der Waals surface area contributed by atoms with Crippen LogP contribution >= 0.6 is 27.5 Å². The molecule has 0 aromatic heterocycles. The maximum absolute atomic E-state index is 13.1. The molecular formula is C14H11BrClFO2. The van der Waals surface area contributed by atoms with Crippen molar-refractivity contribution in [1.82, 2.24) is 0 Å². The van der Waals surface area contributed by atoms with E-state index in [9.17, 15) is 4.39 Å². The third-order valence-electron chi connectivity index (χ3n) is 2.52. The molecule has 0 fully saturated rings. The van der Waals surface area contributed by atoms with Gasteiger partial charge in [0.25, 0.3) is 0 Å². The molecule has 19 heavy (non-hydrogen) atoms. The zero-order valence-electron chi connectivity index (χ0n) is 10.1. The quantitative estimate of drug-likeness (QED) is 0.790. The van der Waals surface area contributed by atoms with Gasteiger partial charge in [-0.3, -0.25) is 0 Å². The number of benzene rings is 2. The van der Waals surface area contributed by atoms with Crippen molar-refractivity contribution in [3.05, 3.63) is 57.3 Å². The molecule has 0 atom stereocenters. The van der Waals surface area contributed by atoms with Crippen molar-refractivity contribution in [2.45, 2.75) is 6.61 Å². The molecule has 2 aromatic carbocycles. The van der Waals surface area contributed by atoms with Crippen LogP contribution in [0.5, 0.6) is 11.5 Å². The molecule has 0 saturated heterocycles. The Morgan fingerprint density at radius 2 is 1.95 bits per heavy atom. The van der Waals surface area contributed by atoms with Crippen LogP contribution in [0, 0.1) is 5.82 Å². The monoisotopic (exact) mass is 344 g/mol. The molecule has 2 rings (SSSR count). The number of ether oxygens (including phenoxy) is 2. The largest absolute Gasteiger partial charge is 0.496 e. The van der Waals surface area contributed by atoms with Gasteiger partial charge in [-0.15, -0.1) is 0 Å². The Bertz CT molecular complexity index is 590. The van der Waals surface area contributed by atoms with Crippen molar-refractivity contribution in [2.24, 2.45) is 0 Å². The van der Waals surface area contributed by atoms with Crippen LogP contribution < -0.4 is 9.47 Å². The summed E-state index contributed by atoms with van der Waals surface area (Å²) in [5.41, 5.74) is 0.797. The van der Waals surface area contributed by atoms with E-state index in [2.05, 4.69) is 15.9 Å². The highest BCUT2D eigenvalue weighted by molar-refractivity contribution is 9.10. The molecule has 100 valence electrons. The Morgan fingerprint density at radius 3 is 2.68 bits per heavy atom. The van der Waals surface area contributed by atoms with Gasteiger partial charge in [0, 0.05) is 16.7 Å². The SMILES string of the molecule is COc1ccc(Cl)cc1COc1cc(F)ccc1Br. The number of hydrogen-bond acceptors (Lipinski definition) is 2. The molecule has 2 aromatic rings. The van der Waals surface area contributed by atoms with Crippen molar-refractivity contribution >= 4 is 27.5 Å². The second-order valence-electron chi connectivity index (χ2n) is 3.82. The zero-order valence-corrected chi connectivity index (χ0v) is 12.5. The average molecular weight is 346 g/mol. The summed E-state index contributed by atoms with van der Waals surface area (Å²) in [5.74, 6) is 0.759. The highest BCUT2D eigenvalue weighted by Gasteiger charge is 2.07. The standard InChI is InChI=1S/C14H11BrClFO2/c1-18-13-5-2-10(16)6-9(13)8-19-14-7-11(17)3-4-12(14)15/h2-7H,8H2,1H3. The van der Waals surface area contributed by atoms with Crippen LogP contribution in [0.3, 0.4) is 0 Å². The summed E-state index contributed by atoms with van der Waals surface area (Å²) in [5, 5.41) is 0.595. The topological polar surface area (TPSA) is 18.5 Å². The molecule has 0 bridgehead atoms. The van der Waals surface area contributed by atoms with Crippen LogP contribution in [0.25, 0.3) is 0 Å². The molecule has 0 aliphatic heterocycles. The summed E-state index contributed by atoms with van der Waals surface area (Å²) in [4.78, 5) is 0. The predicted octanol–water partition coefficient (Wildman–Crippen LogP) is 4.83. The van der Waals surface area contributed by atoms with Gasteiger partial charge in [-0.2, -0.15) is 0 Å². The smallest absolute Gasteiger partial charge is 0.136 e. The summed E-state index contributed by atoms with van der Waals surface area (Å²) in [7, 11) is 1.57. The van der Waals surface area contributed by atoms with Crippen LogP contribution in [0.1, 0.15) is 5.56 Å². The molecule has 0 spiro atoms. The minimum Gasteiger partial charge on any atom is -0.496 e. The van der Waals surface area contributed by atoms with E-state index >= 15 is 0 Å². The number of methoxy groups -OCH3 is 1. The summed E-state index contributed by atoms with van der Waals surface area (Å²) < 4.78 is 24.6. The second-order valence-corrected chi connectivity index (χ2v) is 5.11. The van der Waals surface area contributed by atoms with E-state index in [-0.39, 0.29) is 12.4 Å². The van der Waals surface area contributed by atoms with Crippen molar-refractivity contribution in [1.29, 1.82) is 0 Å². The Kier molecular flexibility index (Phi) is 4.66. The number of hydrogen-bond donors (Lipinski definition) is 0. The first-order valence-electron chi connectivity index (χ1n) is 5.50. The first kappa shape index (κ1) is 14.2. The van der Waals surface area contributed by atoms with Gasteiger partial charge in [0.1, 0.15) is 23.9 Å². The first-order chi connectivity index (χ1) is 9.10. The van der Waals surface area contributed by atoms with Gasteiger partial charge in [-0.1, -0.05) is 11.6 Å². The minimum atomic E-state index is -0.351. The van der Waals surface area contributed by atoms with Gasteiger partial charge in [-0.25, -0.2) is 4.39 Å². The normalized spacial score (nSPS) is 10.3. The molecule has 0 radical (unpaired) electrons. The summed E-state index contributed by atoms with van der Waals surface area (Å²) in [6.45, 7) is 0.242. The molecule has 0 heterocycles. The molecule has 5 heteroatoms. The highest BCUT2D eigenvalue weighted by atomic mass is 79.9. The molecule has 0 unspecified atom stereocenters. The maximum atomic E-state index is 13.1. The van der Waals surface area contributed by atoms with Crippen molar-refractivity contribution in [3.63, 3.8) is 0 Å². The molecule has 0 saturated carbocycles. The van der Waals surface area contributed by atoms with Gasteiger partial charge in [0.05, 0.1) is 11.6 Å². The van der Waals surface area contributed by atoms with Crippen LogP contribution in [0.2, 0.25) is 5.02 Å². The second kappa shape index (κ2) is 6.26. The number of rotatable bonds is 4. The average Bonchev–Trinajstić information content (AvgIpc) is 2.40. The molecular weight excluding hydrogens is 335 g/mol. The molecule has 0 aliphatic carbocycles. The summed E-state index contributed by atoms with van der Waals surface area (Å²) in [6.07, 6.45) is 0. The lowest BCUT2D eigenvalue weighted by atomic mass is 10.2. The Morgan fingerprint density at radius 1 is 1.16 bits per heavy atom. The van der Waals surface area contributed by atoms with E-state index in [1.807, 2.05) is 0 Å². The lowest BCUT2D eigenvalue weighted by Crippen LogP contribution is -1.99. The van der Waals surface area contributed by atoms with Crippen LogP contribution in [0.15, 0.2) is 40.9 Å². The Labute approximate surface area is 124 Å². The van der Waals surface area contributed by atoms with E-state index in [0.717, 1.165) is 5.56 Å². The summed E-state index contributed by atoms with van der Waals surface area (Å²) in [6, 6.07) is 9.54. The van der Waals surface area contributed by atoms with Crippen molar-refractivity contribution in [2.75, 3.05) is 7.11 Å². The lowest BCUT2D eigenvalue weighted by Gasteiger charge is -2.11. The van der Waals surface area contributed by atoms with E-state index < -0.39 is 0 Å². The number of halogens is 3. The van der Waals surface area contributed by atoms with Crippen molar-refractivity contribution < 1.29 is 13.9 Å². The van der Waals surface area contributed by atoms with Gasteiger partial charge in [0.15, 0.2) is 0 Å². The van der Waals surface area contributed by atoms with Crippen molar-refractivity contribution in [3.8, 4) is 11.5 Å². The van der Waals surface area contributed by atoms with Crippen LogP contribution in [-0.4, -0.2) is 7.11 Å². The van der Waals surface area contributed by atoms with Crippen LogP contribution in [-0.2, 0) is 6.61 Å². The third kappa shape index (κ3) is 3.61. The van der Waals surface area contributed by atoms with Gasteiger partial charge in [0.2, 0.25) is 0 Å².